The first-order valence-corrected chi connectivity index (χ1v) is 19.5. The van der Waals surface area contributed by atoms with Gasteiger partial charge >= 0.3 is 11.9 Å². The maximum Gasteiger partial charge on any atom is 0.306 e. The van der Waals surface area contributed by atoms with E-state index in [4.69, 9.17) is 9.84 Å². The van der Waals surface area contributed by atoms with E-state index in [1.165, 1.54) is 116 Å². The molecular weight excluding hydrogens is 556 g/mol. The molecule has 0 aromatic carbocycles. The summed E-state index contributed by atoms with van der Waals surface area (Å²) < 4.78 is 5.93. The molecule has 0 rings (SSSR count). The van der Waals surface area contributed by atoms with Crippen LogP contribution in [0.4, 0.5) is 0 Å². The zero-order chi connectivity index (χ0) is 32.9. The maximum absolute atomic E-state index is 12.5. The lowest BCUT2D eigenvalue weighted by molar-refractivity contribution is -0.150. The maximum atomic E-state index is 12.5. The largest absolute Gasteiger partial charge is 0.481 e. The number of carboxylic acids is 1. The topological polar surface area (TPSA) is 63.6 Å². The van der Waals surface area contributed by atoms with Crippen LogP contribution >= 0.6 is 0 Å². The second kappa shape index (κ2) is 36.6. The molecule has 0 aromatic rings. The van der Waals surface area contributed by atoms with Gasteiger partial charge in [-0.25, -0.2) is 0 Å². The Kier molecular flexibility index (Phi) is 35.1. The molecule has 0 aromatic heterocycles. The number of unbranched alkanes of at least 4 members (excludes halogenated alkanes) is 20. The molecule has 0 aliphatic carbocycles. The van der Waals surface area contributed by atoms with Gasteiger partial charge in [-0.05, 0) is 96.3 Å². The fourth-order valence-electron chi connectivity index (χ4n) is 5.68. The van der Waals surface area contributed by atoms with Crippen molar-refractivity contribution in [3.8, 4) is 0 Å². The van der Waals surface area contributed by atoms with E-state index in [1.54, 1.807) is 0 Å². The lowest BCUT2D eigenvalue weighted by Crippen LogP contribution is -2.18. The van der Waals surface area contributed by atoms with Gasteiger partial charge < -0.3 is 9.84 Å². The van der Waals surface area contributed by atoms with Gasteiger partial charge in [-0.3, -0.25) is 9.59 Å². The molecule has 0 amide bonds. The van der Waals surface area contributed by atoms with E-state index in [0.717, 1.165) is 64.2 Å². The molecule has 4 heteroatoms. The van der Waals surface area contributed by atoms with Crippen molar-refractivity contribution in [1.29, 1.82) is 0 Å². The smallest absolute Gasteiger partial charge is 0.306 e. The zero-order valence-electron chi connectivity index (χ0n) is 29.9. The van der Waals surface area contributed by atoms with Crippen molar-refractivity contribution in [3.63, 3.8) is 0 Å². The first-order valence-electron chi connectivity index (χ1n) is 19.5. The van der Waals surface area contributed by atoms with Crippen LogP contribution in [0.15, 0.2) is 36.5 Å². The number of hydrogen-bond acceptors (Lipinski definition) is 3. The molecule has 0 fully saturated rings. The Bertz CT molecular complexity index is 723. The third kappa shape index (κ3) is 36.5. The van der Waals surface area contributed by atoms with E-state index >= 15 is 0 Å². The highest BCUT2D eigenvalue weighted by atomic mass is 16.5. The van der Waals surface area contributed by atoms with Gasteiger partial charge in [0.05, 0.1) is 0 Å². The van der Waals surface area contributed by atoms with Gasteiger partial charge in [-0.2, -0.15) is 0 Å². The number of ether oxygens (including phenoxy) is 1. The fourth-order valence-corrected chi connectivity index (χ4v) is 5.68. The molecule has 1 N–H and O–H groups in total. The summed E-state index contributed by atoms with van der Waals surface area (Å²) in [4.78, 5) is 23.1. The van der Waals surface area contributed by atoms with Crippen molar-refractivity contribution in [3.05, 3.63) is 36.5 Å². The molecule has 0 spiro atoms. The van der Waals surface area contributed by atoms with Crippen LogP contribution in [0, 0.1) is 0 Å². The van der Waals surface area contributed by atoms with Gasteiger partial charge in [0.2, 0.25) is 0 Å². The van der Waals surface area contributed by atoms with Crippen molar-refractivity contribution in [2.24, 2.45) is 0 Å². The van der Waals surface area contributed by atoms with Gasteiger partial charge in [0.15, 0.2) is 0 Å². The van der Waals surface area contributed by atoms with Crippen molar-refractivity contribution in [1.82, 2.24) is 0 Å². The summed E-state index contributed by atoms with van der Waals surface area (Å²) in [7, 11) is 0. The number of carboxylic acid groups (broad SMARTS) is 1. The molecular formula is C41H74O4. The van der Waals surface area contributed by atoms with Crippen molar-refractivity contribution in [2.75, 3.05) is 0 Å². The third-order valence-corrected chi connectivity index (χ3v) is 8.58. The lowest BCUT2D eigenvalue weighted by Gasteiger charge is -2.18. The lowest BCUT2D eigenvalue weighted by atomic mass is 10.0. The molecule has 0 saturated heterocycles. The Morgan fingerprint density at radius 2 is 0.867 bits per heavy atom. The Balaban J connectivity index is 3.72. The van der Waals surface area contributed by atoms with Crippen molar-refractivity contribution >= 4 is 11.9 Å². The Labute approximate surface area is 279 Å². The molecule has 1 atom stereocenters. The predicted molar refractivity (Wildman–Crippen MR) is 195 cm³/mol. The average Bonchev–Trinajstić information content (AvgIpc) is 3.02. The van der Waals surface area contributed by atoms with Crippen LogP contribution in [0.3, 0.4) is 0 Å². The van der Waals surface area contributed by atoms with E-state index in [2.05, 4.69) is 50.3 Å². The van der Waals surface area contributed by atoms with E-state index in [-0.39, 0.29) is 12.1 Å². The minimum atomic E-state index is -0.685. The number of rotatable bonds is 35. The standard InChI is InChI=1S/C41H74O4/c1-3-5-7-8-9-10-11-12-13-14-15-16-17-18-19-20-21-22-27-30-34-38-41(44)45-39(35-31-6-4-2)36-32-28-25-23-24-26-29-33-37-40(42)43/h9-10,12-13,18-19,39H,3-8,11,14-17,20-38H2,1-2H3,(H,42,43)/b10-9-,13-12-,19-18-. The molecule has 45 heavy (non-hydrogen) atoms. The van der Waals surface area contributed by atoms with E-state index in [9.17, 15) is 9.59 Å². The molecule has 0 bridgehead atoms. The summed E-state index contributed by atoms with van der Waals surface area (Å²) in [6.45, 7) is 4.47. The Morgan fingerprint density at radius 1 is 0.489 bits per heavy atom. The van der Waals surface area contributed by atoms with E-state index in [1.807, 2.05) is 0 Å². The van der Waals surface area contributed by atoms with Gasteiger partial charge in [0.25, 0.3) is 0 Å². The van der Waals surface area contributed by atoms with Crippen LogP contribution in [0.5, 0.6) is 0 Å². The summed E-state index contributed by atoms with van der Waals surface area (Å²) in [5, 5.41) is 8.70. The van der Waals surface area contributed by atoms with Crippen LogP contribution in [0.2, 0.25) is 0 Å². The highest BCUT2D eigenvalue weighted by Gasteiger charge is 2.14. The Hall–Kier alpha value is -1.84. The number of allylic oxidation sites excluding steroid dienone is 6. The molecule has 4 nitrogen and oxygen atoms in total. The van der Waals surface area contributed by atoms with E-state index < -0.39 is 5.97 Å². The third-order valence-electron chi connectivity index (χ3n) is 8.58. The number of hydrogen-bond donors (Lipinski definition) is 1. The molecule has 0 radical (unpaired) electrons. The second-order valence-electron chi connectivity index (χ2n) is 13.1. The second-order valence-corrected chi connectivity index (χ2v) is 13.1. The Morgan fingerprint density at radius 3 is 1.40 bits per heavy atom. The highest BCUT2D eigenvalue weighted by Crippen LogP contribution is 2.18. The molecule has 0 saturated carbocycles. The molecule has 262 valence electrons. The summed E-state index contributed by atoms with van der Waals surface area (Å²) in [6, 6.07) is 0. The molecule has 0 aliphatic rings. The first-order chi connectivity index (χ1) is 22.1. The van der Waals surface area contributed by atoms with E-state index in [0.29, 0.717) is 12.8 Å². The minimum Gasteiger partial charge on any atom is -0.481 e. The highest BCUT2D eigenvalue weighted by molar-refractivity contribution is 5.69. The fraction of sp³-hybridized carbons (Fsp3) is 0.805. The van der Waals surface area contributed by atoms with Gasteiger partial charge in [-0.1, -0.05) is 134 Å². The minimum absolute atomic E-state index is 0.00549. The van der Waals surface area contributed by atoms with Crippen LogP contribution in [-0.4, -0.2) is 23.1 Å². The molecule has 1 unspecified atom stereocenters. The number of esters is 1. The SMILES string of the molecule is CCCCC/C=C\C/C=C\CCCC/C=C\CCCCCCCC(=O)OC(CCCCC)CCCCCCCCCCC(=O)O. The van der Waals surface area contributed by atoms with Crippen molar-refractivity contribution < 1.29 is 19.4 Å². The van der Waals surface area contributed by atoms with Crippen LogP contribution in [0.25, 0.3) is 0 Å². The summed E-state index contributed by atoms with van der Waals surface area (Å²) in [6.07, 6.45) is 47.7. The number of carbonyl (C=O) groups is 2. The monoisotopic (exact) mass is 631 g/mol. The van der Waals surface area contributed by atoms with Gasteiger partial charge in [0, 0.05) is 12.8 Å². The predicted octanol–water partition coefficient (Wildman–Crippen LogP) is 13.4. The molecule has 0 aliphatic heterocycles. The zero-order valence-corrected chi connectivity index (χ0v) is 29.9. The summed E-state index contributed by atoms with van der Waals surface area (Å²) in [5.41, 5.74) is 0. The molecule has 0 heterocycles. The van der Waals surface area contributed by atoms with Gasteiger partial charge in [-0.15, -0.1) is 0 Å². The summed E-state index contributed by atoms with van der Waals surface area (Å²) in [5.74, 6) is -0.679. The van der Waals surface area contributed by atoms with Crippen molar-refractivity contribution in [2.45, 2.75) is 213 Å². The number of carbonyl (C=O) groups excluding carboxylic acids is 1. The number of aliphatic carboxylic acids is 1. The summed E-state index contributed by atoms with van der Waals surface area (Å²) >= 11 is 0. The van der Waals surface area contributed by atoms with Crippen LogP contribution < -0.4 is 0 Å². The quantitative estimate of drug-likeness (QED) is 0.0430. The van der Waals surface area contributed by atoms with Gasteiger partial charge in [0.1, 0.15) is 6.10 Å². The normalized spacial score (nSPS) is 12.6. The van der Waals surface area contributed by atoms with Crippen LogP contribution in [-0.2, 0) is 14.3 Å². The van der Waals surface area contributed by atoms with Crippen LogP contribution in [0.1, 0.15) is 206 Å². The average molecular weight is 631 g/mol. The first kappa shape index (κ1) is 43.2.